The van der Waals surface area contributed by atoms with Crippen LogP contribution in [0.1, 0.15) is 24.2 Å². The van der Waals surface area contributed by atoms with Crippen LogP contribution < -0.4 is 4.74 Å². The van der Waals surface area contributed by atoms with E-state index in [0.717, 1.165) is 16.2 Å². The maximum atomic E-state index is 10.8. The van der Waals surface area contributed by atoms with Gasteiger partial charge in [0.15, 0.2) is 0 Å². The van der Waals surface area contributed by atoms with E-state index in [4.69, 9.17) is 9.84 Å². The van der Waals surface area contributed by atoms with Crippen molar-refractivity contribution in [1.29, 1.82) is 0 Å². The Hall–Kier alpha value is -1.81. The van der Waals surface area contributed by atoms with Crippen molar-refractivity contribution < 1.29 is 14.6 Å². The smallest absolute Gasteiger partial charge is 0.336 e. The molecule has 4 heteroatoms. The van der Waals surface area contributed by atoms with Gasteiger partial charge >= 0.3 is 5.97 Å². The molecule has 0 fully saturated rings. The molecular formula is C14H14O3S. The zero-order valence-electron chi connectivity index (χ0n) is 10.2. The number of carboxylic acid groups (broad SMARTS) is 1. The van der Waals surface area contributed by atoms with Crippen molar-refractivity contribution in [2.45, 2.75) is 20.0 Å². The Morgan fingerprint density at radius 1 is 1.28 bits per heavy atom. The summed E-state index contributed by atoms with van der Waals surface area (Å²) in [6.45, 7) is 3.96. The van der Waals surface area contributed by atoms with Crippen LogP contribution in [0, 0.1) is 0 Å². The minimum atomic E-state index is -0.891. The number of thiophene rings is 1. The van der Waals surface area contributed by atoms with Gasteiger partial charge in [-0.15, -0.1) is 11.3 Å². The molecule has 0 saturated carbocycles. The number of hydrogen-bond donors (Lipinski definition) is 1. The fourth-order valence-electron chi connectivity index (χ4n) is 1.57. The Morgan fingerprint density at radius 2 is 1.94 bits per heavy atom. The molecule has 0 saturated heterocycles. The van der Waals surface area contributed by atoms with Crippen LogP contribution in [0.3, 0.4) is 0 Å². The quantitative estimate of drug-likeness (QED) is 0.909. The first-order chi connectivity index (χ1) is 8.56. The topological polar surface area (TPSA) is 46.5 Å². The van der Waals surface area contributed by atoms with Gasteiger partial charge < -0.3 is 9.84 Å². The number of rotatable bonds is 4. The minimum Gasteiger partial charge on any atom is -0.491 e. The van der Waals surface area contributed by atoms with E-state index < -0.39 is 5.97 Å². The van der Waals surface area contributed by atoms with Gasteiger partial charge in [0.2, 0.25) is 0 Å². The third-order valence-corrected chi connectivity index (χ3v) is 3.34. The first-order valence-corrected chi connectivity index (χ1v) is 6.53. The van der Waals surface area contributed by atoms with Crippen LogP contribution >= 0.6 is 11.3 Å². The Bertz CT molecular complexity index is 540. The van der Waals surface area contributed by atoms with E-state index in [9.17, 15) is 4.79 Å². The van der Waals surface area contributed by atoms with Crippen LogP contribution in [0.25, 0.3) is 10.4 Å². The lowest BCUT2D eigenvalue weighted by molar-refractivity contribution is 0.0697. The predicted molar refractivity (Wildman–Crippen MR) is 72.5 cm³/mol. The van der Waals surface area contributed by atoms with Crippen molar-refractivity contribution in [1.82, 2.24) is 0 Å². The second-order valence-corrected chi connectivity index (χ2v) is 5.11. The molecule has 0 aliphatic rings. The summed E-state index contributed by atoms with van der Waals surface area (Å²) >= 11 is 1.43. The van der Waals surface area contributed by atoms with Gasteiger partial charge in [0.1, 0.15) is 5.75 Å². The van der Waals surface area contributed by atoms with Gasteiger partial charge in [0.25, 0.3) is 0 Å². The molecule has 0 amide bonds. The predicted octanol–water partition coefficient (Wildman–Crippen LogP) is 3.90. The summed E-state index contributed by atoms with van der Waals surface area (Å²) in [7, 11) is 0. The van der Waals surface area contributed by atoms with Gasteiger partial charge in [-0.3, -0.25) is 0 Å². The molecule has 1 heterocycles. The third kappa shape index (κ3) is 2.90. The van der Waals surface area contributed by atoms with Crippen molar-refractivity contribution in [3.63, 3.8) is 0 Å². The van der Waals surface area contributed by atoms with E-state index >= 15 is 0 Å². The van der Waals surface area contributed by atoms with Gasteiger partial charge in [0.05, 0.1) is 11.7 Å². The monoisotopic (exact) mass is 262 g/mol. The maximum Gasteiger partial charge on any atom is 0.336 e. The van der Waals surface area contributed by atoms with Crippen LogP contribution in [-0.2, 0) is 0 Å². The van der Waals surface area contributed by atoms with Crippen molar-refractivity contribution in [2.24, 2.45) is 0 Å². The number of benzene rings is 1. The summed E-state index contributed by atoms with van der Waals surface area (Å²) in [4.78, 5) is 11.8. The summed E-state index contributed by atoms with van der Waals surface area (Å²) < 4.78 is 5.56. The van der Waals surface area contributed by atoms with E-state index in [1.807, 2.05) is 38.1 Å². The van der Waals surface area contributed by atoms with Crippen LogP contribution in [0.5, 0.6) is 5.75 Å². The largest absolute Gasteiger partial charge is 0.491 e. The molecular weight excluding hydrogens is 248 g/mol. The fraction of sp³-hybridized carbons (Fsp3) is 0.214. The first-order valence-electron chi connectivity index (χ1n) is 5.65. The van der Waals surface area contributed by atoms with E-state index in [-0.39, 0.29) is 6.10 Å². The second-order valence-electron chi connectivity index (χ2n) is 4.20. The van der Waals surface area contributed by atoms with Gasteiger partial charge in [0, 0.05) is 10.3 Å². The second kappa shape index (κ2) is 5.23. The molecule has 1 aromatic heterocycles. The highest BCUT2D eigenvalue weighted by Gasteiger charge is 2.08. The van der Waals surface area contributed by atoms with Crippen LogP contribution in [-0.4, -0.2) is 17.2 Å². The molecule has 0 atom stereocenters. The Balaban J connectivity index is 2.20. The van der Waals surface area contributed by atoms with Crippen LogP contribution in [0.2, 0.25) is 0 Å². The normalized spacial score (nSPS) is 10.6. The van der Waals surface area contributed by atoms with Gasteiger partial charge in [-0.1, -0.05) is 0 Å². The summed E-state index contributed by atoms with van der Waals surface area (Å²) in [5, 5.41) is 10.5. The van der Waals surface area contributed by atoms with Gasteiger partial charge in [-0.2, -0.15) is 0 Å². The number of carboxylic acids is 1. The van der Waals surface area contributed by atoms with Crippen LogP contribution in [0.4, 0.5) is 0 Å². The minimum absolute atomic E-state index is 0.149. The lowest BCUT2D eigenvalue weighted by Crippen LogP contribution is -2.04. The summed E-state index contributed by atoms with van der Waals surface area (Å²) in [6.07, 6.45) is 0.149. The summed E-state index contributed by atoms with van der Waals surface area (Å²) in [5.74, 6) is -0.0685. The Morgan fingerprint density at radius 3 is 2.44 bits per heavy atom. The highest BCUT2D eigenvalue weighted by atomic mass is 32.1. The first kappa shape index (κ1) is 12.6. The molecule has 0 spiro atoms. The van der Waals surface area contributed by atoms with Crippen molar-refractivity contribution in [3.05, 3.63) is 41.3 Å². The molecule has 2 aromatic rings. The zero-order valence-corrected chi connectivity index (χ0v) is 11.0. The standard InChI is InChI=1S/C14H14O3S/c1-9(2)17-12-5-3-10(4-6-12)13-7-11(8-18-13)14(15)16/h3-9H,1-2H3,(H,15,16). The summed E-state index contributed by atoms with van der Waals surface area (Å²) in [6, 6.07) is 9.36. The van der Waals surface area contributed by atoms with Gasteiger partial charge in [-0.25, -0.2) is 4.79 Å². The zero-order chi connectivity index (χ0) is 13.1. The van der Waals surface area contributed by atoms with Crippen molar-refractivity contribution in [2.75, 3.05) is 0 Å². The third-order valence-electron chi connectivity index (χ3n) is 2.36. The van der Waals surface area contributed by atoms with E-state index in [2.05, 4.69) is 0 Å². The molecule has 0 aliphatic carbocycles. The van der Waals surface area contributed by atoms with E-state index in [0.29, 0.717) is 5.56 Å². The number of carbonyl (C=O) groups is 1. The molecule has 1 aromatic carbocycles. The van der Waals surface area contributed by atoms with Crippen molar-refractivity contribution in [3.8, 4) is 16.2 Å². The molecule has 18 heavy (non-hydrogen) atoms. The van der Waals surface area contributed by atoms with E-state index in [1.54, 1.807) is 11.4 Å². The van der Waals surface area contributed by atoms with E-state index in [1.165, 1.54) is 11.3 Å². The molecule has 3 nitrogen and oxygen atoms in total. The number of ether oxygens (including phenoxy) is 1. The highest BCUT2D eigenvalue weighted by Crippen LogP contribution is 2.28. The number of aromatic carboxylic acids is 1. The number of hydrogen-bond acceptors (Lipinski definition) is 3. The molecule has 1 N–H and O–H groups in total. The van der Waals surface area contributed by atoms with Gasteiger partial charge in [-0.05, 0) is 49.7 Å². The lowest BCUT2D eigenvalue weighted by atomic mass is 10.1. The van der Waals surface area contributed by atoms with Crippen LogP contribution in [0.15, 0.2) is 35.7 Å². The fourth-order valence-corrected chi connectivity index (χ4v) is 2.46. The average Bonchev–Trinajstić information content (AvgIpc) is 2.78. The van der Waals surface area contributed by atoms with Crippen molar-refractivity contribution >= 4 is 17.3 Å². The SMILES string of the molecule is CC(C)Oc1ccc(-c2cc(C(=O)O)cs2)cc1. The molecule has 2 rings (SSSR count). The average molecular weight is 262 g/mol. The molecule has 0 aliphatic heterocycles. The molecule has 94 valence electrons. The molecule has 0 unspecified atom stereocenters. The Kier molecular flexibility index (Phi) is 3.67. The lowest BCUT2D eigenvalue weighted by Gasteiger charge is -2.09. The summed E-state index contributed by atoms with van der Waals surface area (Å²) in [5.41, 5.74) is 1.33. The maximum absolute atomic E-state index is 10.8. The highest BCUT2D eigenvalue weighted by molar-refractivity contribution is 7.13. The molecule has 0 bridgehead atoms. The Labute approximate surface area is 110 Å². The molecule has 0 radical (unpaired) electrons.